The summed E-state index contributed by atoms with van der Waals surface area (Å²) in [5.74, 6) is -0.658. The fourth-order valence-electron chi connectivity index (χ4n) is 2.25. The Hall–Kier alpha value is -2.68. The number of hydrogen-bond donors (Lipinski definition) is 0. The largest absolute Gasteiger partial charge is 0.310 e. The van der Waals surface area contributed by atoms with Gasteiger partial charge in [-0.2, -0.15) is 0 Å². The number of nitrogens with zero attached hydrogens (tertiary/aromatic N) is 1. The van der Waals surface area contributed by atoms with Gasteiger partial charge in [0.25, 0.3) is 0 Å². The average molecular weight is 281 g/mol. The van der Waals surface area contributed by atoms with Crippen molar-refractivity contribution >= 4 is 17.1 Å². The Labute approximate surface area is 122 Å². The number of benzene rings is 3. The Morgan fingerprint density at radius 2 is 1.00 bits per heavy atom. The number of rotatable bonds is 3. The highest BCUT2D eigenvalue weighted by atomic mass is 19.1. The Morgan fingerprint density at radius 1 is 0.524 bits per heavy atom. The predicted molar refractivity (Wildman–Crippen MR) is 81.0 cm³/mol. The normalized spacial score (nSPS) is 10.4. The molecule has 0 aromatic heterocycles. The fraction of sp³-hybridized carbons (Fsp3) is 0. The molecule has 3 heteroatoms. The molecule has 0 atom stereocenters. The fourth-order valence-corrected chi connectivity index (χ4v) is 2.25. The van der Waals surface area contributed by atoms with Crippen LogP contribution in [-0.2, 0) is 0 Å². The summed E-state index contributed by atoms with van der Waals surface area (Å²) in [4.78, 5) is 1.81. The first-order valence-corrected chi connectivity index (χ1v) is 6.60. The summed E-state index contributed by atoms with van der Waals surface area (Å²) in [6, 6.07) is 22.0. The molecular weight excluding hydrogens is 268 g/mol. The van der Waals surface area contributed by atoms with Crippen LogP contribution in [0.25, 0.3) is 0 Å². The van der Waals surface area contributed by atoms with Crippen molar-refractivity contribution in [1.29, 1.82) is 0 Å². The zero-order valence-corrected chi connectivity index (χ0v) is 11.2. The Bertz CT molecular complexity index is 695. The van der Waals surface area contributed by atoms with Gasteiger partial charge in [0.05, 0.1) is 0 Å². The van der Waals surface area contributed by atoms with Crippen LogP contribution in [-0.4, -0.2) is 0 Å². The van der Waals surface area contributed by atoms with Crippen LogP contribution < -0.4 is 4.90 Å². The van der Waals surface area contributed by atoms with Crippen molar-refractivity contribution in [2.75, 3.05) is 4.90 Å². The molecule has 0 N–H and O–H groups in total. The van der Waals surface area contributed by atoms with Crippen molar-refractivity contribution in [1.82, 2.24) is 0 Å². The number of halogens is 2. The van der Waals surface area contributed by atoms with Crippen molar-refractivity contribution in [3.63, 3.8) is 0 Å². The van der Waals surface area contributed by atoms with Crippen LogP contribution in [0.15, 0.2) is 78.9 Å². The molecule has 1 nitrogen and oxygen atoms in total. The molecule has 0 aliphatic heterocycles. The van der Waals surface area contributed by atoms with Crippen LogP contribution in [0.5, 0.6) is 0 Å². The molecule has 0 unspecified atom stereocenters. The monoisotopic (exact) mass is 281 g/mol. The second kappa shape index (κ2) is 5.75. The van der Waals surface area contributed by atoms with Crippen molar-refractivity contribution in [2.45, 2.75) is 0 Å². The van der Waals surface area contributed by atoms with E-state index in [9.17, 15) is 8.78 Å². The van der Waals surface area contributed by atoms with E-state index in [1.165, 1.54) is 24.3 Å². The van der Waals surface area contributed by atoms with Crippen LogP contribution in [0.1, 0.15) is 0 Å². The van der Waals surface area contributed by atoms with E-state index in [0.717, 1.165) is 5.69 Å². The summed E-state index contributed by atoms with van der Waals surface area (Å²) in [5, 5.41) is 0. The van der Waals surface area contributed by atoms with Gasteiger partial charge in [0.15, 0.2) is 0 Å². The highest BCUT2D eigenvalue weighted by Gasteiger charge is 2.12. The molecule has 0 saturated heterocycles. The molecule has 0 amide bonds. The third kappa shape index (κ3) is 2.92. The van der Waals surface area contributed by atoms with Gasteiger partial charge in [-0.15, -0.1) is 0 Å². The van der Waals surface area contributed by atoms with Crippen LogP contribution in [0, 0.1) is 11.6 Å². The smallest absolute Gasteiger partial charge is 0.125 e. The van der Waals surface area contributed by atoms with E-state index >= 15 is 0 Å². The summed E-state index contributed by atoms with van der Waals surface area (Å²) < 4.78 is 27.1. The molecule has 3 rings (SSSR count). The molecule has 0 saturated carbocycles. The van der Waals surface area contributed by atoms with Crippen molar-refractivity contribution in [3.8, 4) is 0 Å². The van der Waals surface area contributed by atoms with Crippen molar-refractivity contribution in [3.05, 3.63) is 90.5 Å². The minimum atomic E-state index is -0.329. The molecule has 21 heavy (non-hydrogen) atoms. The van der Waals surface area contributed by atoms with Crippen LogP contribution in [0.3, 0.4) is 0 Å². The van der Waals surface area contributed by atoms with Crippen molar-refractivity contribution < 1.29 is 8.78 Å². The second-order valence-corrected chi connectivity index (χ2v) is 4.63. The van der Waals surface area contributed by atoms with Crippen molar-refractivity contribution in [2.24, 2.45) is 0 Å². The van der Waals surface area contributed by atoms with E-state index in [2.05, 4.69) is 0 Å². The lowest BCUT2D eigenvalue weighted by atomic mass is 10.2. The highest BCUT2D eigenvalue weighted by Crippen LogP contribution is 2.34. The summed E-state index contributed by atoms with van der Waals surface area (Å²) in [7, 11) is 0. The standard InChI is InChI=1S/C18H13F2N/c19-14-6-4-10-17(12-14)21(16-8-2-1-3-9-16)18-11-5-7-15(20)13-18/h1-13H. The quantitative estimate of drug-likeness (QED) is 0.618. The summed E-state index contributed by atoms with van der Waals surface area (Å²) in [6.07, 6.45) is 0. The molecule has 0 fully saturated rings. The van der Waals surface area contributed by atoms with Gasteiger partial charge in [-0.05, 0) is 48.5 Å². The number of hydrogen-bond acceptors (Lipinski definition) is 1. The maximum Gasteiger partial charge on any atom is 0.125 e. The van der Waals surface area contributed by atoms with E-state index < -0.39 is 0 Å². The van der Waals surface area contributed by atoms with E-state index in [1.807, 2.05) is 35.2 Å². The minimum absolute atomic E-state index is 0.329. The first-order valence-electron chi connectivity index (χ1n) is 6.60. The lowest BCUT2D eigenvalue weighted by molar-refractivity contribution is 0.627. The molecule has 104 valence electrons. The van der Waals surface area contributed by atoms with Gasteiger partial charge in [0, 0.05) is 17.1 Å². The van der Waals surface area contributed by atoms with E-state index in [-0.39, 0.29) is 11.6 Å². The molecule has 3 aromatic carbocycles. The molecule has 0 aliphatic carbocycles. The van der Waals surface area contributed by atoms with Gasteiger partial charge in [0.2, 0.25) is 0 Å². The lowest BCUT2D eigenvalue weighted by Gasteiger charge is -2.25. The zero-order chi connectivity index (χ0) is 14.7. The molecule has 0 heterocycles. The first kappa shape index (κ1) is 13.3. The molecule has 0 radical (unpaired) electrons. The van der Waals surface area contributed by atoms with E-state index in [0.29, 0.717) is 11.4 Å². The van der Waals surface area contributed by atoms with Gasteiger partial charge in [-0.1, -0.05) is 30.3 Å². The molecular formula is C18H13F2N. The van der Waals surface area contributed by atoms with E-state index in [4.69, 9.17) is 0 Å². The molecule has 3 aromatic rings. The summed E-state index contributed by atoms with van der Waals surface area (Å²) >= 11 is 0. The number of para-hydroxylation sites is 1. The number of anilines is 3. The van der Waals surface area contributed by atoms with Gasteiger partial charge in [0.1, 0.15) is 11.6 Å². The van der Waals surface area contributed by atoms with Gasteiger partial charge >= 0.3 is 0 Å². The van der Waals surface area contributed by atoms with Crippen LogP contribution >= 0.6 is 0 Å². The van der Waals surface area contributed by atoms with Gasteiger partial charge in [-0.3, -0.25) is 0 Å². The summed E-state index contributed by atoms with van der Waals surface area (Å²) in [6.45, 7) is 0. The predicted octanol–water partition coefficient (Wildman–Crippen LogP) is 5.43. The molecule has 0 aliphatic rings. The first-order chi connectivity index (χ1) is 10.2. The zero-order valence-electron chi connectivity index (χ0n) is 11.2. The highest BCUT2D eigenvalue weighted by molar-refractivity contribution is 5.76. The maximum atomic E-state index is 13.5. The molecule has 0 spiro atoms. The lowest BCUT2D eigenvalue weighted by Crippen LogP contribution is -2.10. The Morgan fingerprint density at radius 3 is 1.48 bits per heavy atom. The maximum absolute atomic E-state index is 13.5. The second-order valence-electron chi connectivity index (χ2n) is 4.63. The SMILES string of the molecule is Fc1cccc(N(c2ccccc2)c2cccc(F)c2)c1. The van der Waals surface area contributed by atoms with E-state index in [1.54, 1.807) is 24.3 Å². The Kier molecular flexibility index (Phi) is 3.65. The molecule has 0 bridgehead atoms. The third-order valence-electron chi connectivity index (χ3n) is 3.15. The summed E-state index contributed by atoms with van der Waals surface area (Å²) in [5.41, 5.74) is 2.13. The Balaban J connectivity index is 2.16. The van der Waals surface area contributed by atoms with Gasteiger partial charge in [-0.25, -0.2) is 8.78 Å². The van der Waals surface area contributed by atoms with Gasteiger partial charge < -0.3 is 4.90 Å². The third-order valence-corrected chi connectivity index (χ3v) is 3.15. The average Bonchev–Trinajstić information content (AvgIpc) is 2.49. The van der Waals surface area contributed by atoms with Crippen LogP contribution in [0.2, 0.25) is 0 Å². The topological polar surface area (TPSA) is 3.24 Å². The van der Waals surface area contributed by atoms with Crippen LogP contribution in [0.4, 0.5) is 25.8 Å². The minimum Gasteiger partial charge on any atom is -0.310 e.